The van der Waals surface area contributed by atoms with Crippen molar-refractivity contribution in [1.29, 1.82) is 0 Å². The van der Waals surface area contributed by atoms with E-state index in [2.05, 4.69) is 15.3 Å². The van der Waals surface area contributed by atoms with Gasteiger partial charge in [-0.05, 0) is 31.4 Å². The minimum Gasteiger partial charge on any atom is -0.352 e. The first-order valence-corrected chi connectivity index (χ1v) is 6.11. The van der Waals surface area contributed by atoms with Crippen molar-refractivity contribution in [3.05, 3.63) is 49.9 Å². The van der Waals surface area contributed by atoms with Crippen LogP contribution in [-0.2, 0) is 0 Å². The smallest absolute Gasteiger partial charge is 0.285 e. The third kappa shape index (κ3) is 4.25. The van der Waals surface area contributed by atoms with E-state index >= 15 is 0 Å². The van der Waals surface area contributed by atoms with Gasteiger partial charge in [-0.15, -0.1) is 0 Å². The molecule has 8 heteroatoms. The van der Waals surface area contributed by atoms with Crippen molar-refractivity contribution < 1.29 is 9.72 Å². The van der Waals surface area contributed by atoms with E-state index in [4.69, 9.17) is 5.53 Å². The fraction of sp³-hybridized carbons (Fsp3) is 0.417. The van der Waals surface area contributed by atoms with Crippen molar-refractivity contribution in [3.8, 4) is 0 Å². The van der Waals surface area contributed by atoms with Crippen molar-refractivity contribution in [3.63, 3.8) is 0 Å². The van der Waals surface area contributed by atoms with E-state index in [0.29, 0.717) is 31.5 Å². The molecule has 0 fully saturated rings. The Morgan fingerprint density at radius 1 is 1.50 bits per heavy atom. The number of carbonyl (C=O) groups is 1. The standard InChI is InChI=1S/C12H15N5O3/c1-9-5-4-6-10(11(9)17(19)20)12(18)14-7-2-3-8-15-16-13/h4-6H,2-3,7-8H2,1H3,(H,14,18). The zero-order valence-corrected chi connectivity index (χ0v) is 11.1. The predicted octanol–water partition coefficient (Wildman–Crippen LogP) is 2.72. The van der Waals surface area contributed by atoms with E-state index < -0.39 is 10.8 Å². The van der Waals surface area contributed by atoms with Crippen LogP contribution < -0.4 is 5.32 Å². The molecule has 0 radical (unpaired) electrons. The van der Waals surface area contributed by atoms with Gasteiger partial charge in [0.25, 0.3) is 11.6 Å². The highest BCUT2D eigenvalue weighted by atomic mass is 16.6. The highest BCUT2D eigenvalue weighted by Crippen LogP contribution is 2.22. The van der Waals surface area contributed by atoms with E-state index in [0.717, 1.165) is 0 Å². The second-order valence-electron chi connectivity index (χ2n) is 4.15. The van der Waals surface area contributed by atoms with Crippen LogP contribution in [0.15, 0.2) is 23.3 Å². The molecule has 0 heterocycles. The minimum absolute atomic E-state index is 0.0602. The van der Waals surface area contributed by atoms with Gasteiger partial charge in [0.1, 0.15) is 5.56 Å². The van der Waals surface area contributed by atoms with Crippen LogP contribution in [0.5, 0.6) is 0 Å². The number of nitrogens with one attached hydrogen (secondary N) is 1. The number of nitro groups is 1. The lowest BCUT2D eigenvalue weighted by atomic mass is 10.1. The van der Waals surface area contributed by atoms with Gasteiger partial charge < -0.3 is 5.32 Å². The van der Waals surface area contributed by atoms with Crippen LogP contribution in [-0.4, -0.2) is 23.9 Å². The Morgan fingerprint density at radius 3 is 2.90 bits per heavy atom. The summed E-state index contributed by atoms with van der Waals surface area (Å²) in [4.78, 5) is 25.0. The van der Waals surface area contributed by atoms with Crippen LogP contribution in [0.4, 0.5) is 5.69 Å². The number of hydrogen-bond donors (Lipinski definition) is 1. The van der Waals surface area contributed by atoms with Gasteiger partial charge in [0.2, 0.25) is 0 Å². The Balaban J connectivity index is 2.62. The number of nitro benzene ring substituents is 1. The minimum atomic E-state index is -0.550. The second kappa shape index (κ2) is 7.75. The molecule has 0 aliphatic rings. The molecule has 20 heavy (non-hydrogen) atoms. The number of rotatable bonds is 7. The molecule has 0 saturated carbocycles. The van der Waals surface area contributed by atoms with Crippen molar-refractivity contribution in [2.75, 3.05) is 13.1 Å². The largest absolute Gasteiger partial charge is 0.352 e. The van der Waals surface area contributed by atoms with Gasteiger partial charge in [0.05, 0.1) is 4.92 Å². The number of benzene rings is 1. The molecule has 0 bridgehead atoms. The molecule has 8 nitrogen and oxygen atoms in total. The summed E-state index contributed by atoms with van der Waals surface area (Å²) in [5.74, 6) is -0.468. The van der Waals surface area contributed by atoms with E-state index in [9.17, 15) is 14.9 Å². The van der Waals surface area contributed by atoms with Gasteiger partial charge in [-0.1, -0.05) is 17.2 Å². The van der Waals surface area contributed by atoms with Gasteiger partial charge in [-0.2, -0.15) is 0 Å². The van der Waals surface area contributed by atoms with Gasteiger partial charge in [-0.25, -0.2) is 0 Å². The molecule has 0 aliphatic heterocycles. The van der Waals surface area contributed by atoms with Crippen LogP contribution in [0.1, 0.15) is 28.8 Å². The second-order valence-corrected chi connectivity index (χ2v) is 4.15. The molecule has 0 unspecified atom stereocenters. The van der Waals surface area contributed by atoms with Gasteiger partial charge in [0, 0.05) is 23.6 Å². The first kappa shape index (κ1) is 15.5. The number of aryl methyl sites for hydroxylation is 1. The monoisotopic (exact) mass is 277 g/mol. The number of unbranched alkanes of at least 4 members (excludes halogenated alkanes) is 1. The highest BCUT2D eigenvalue weighted by Gasteiger charge is 2.21. The summed E-state index contributed by atoms with van der Waals surface area (Å²) in [5.41, 5.74) is 8.44. The van der Waals surface area contributed by atoms with Crippen molar-refractivity contribution in [2.45, 2.75) is 19.8 Å². The molecule has 106 valence electrons. The number of azide groups is 1. The number of hydrogen-bond acceptors (Lipinski definition) is 4. The summed E-state index contributed by atoms with van der Waals surface area (Å²) in [6, 6.07) is 4.63. The summed E-state index contributed by atoms with van der Waals surface area (Å²) in [5, 5.41) is 17.0. The number of nitrogens with zero attached hydrogens (tertiary/aromatic N) is 4. The average Bonchev–Trinajstić information content (AvgIpc) is 2.41. The third-order valence-electron chi connectivity index (χ3n) is 2.70. The Bertz CT molecular complexity index is 552. The maximum Gasteiger partial charge on any atom is 0.285 e. The van der Waals surface area contributed by atoms with Crippen molar-refractivity contribution in [2.24, 2.45) is 5.11 Å². The zero-order chi connectivity index (χ0) is 15.0. The van der Waals surface area contributed by atoms with E-state index in [1.165, 1.54) is 6.07 Å². The topological polar surface area (TPSA) is 121 Å². The maximum atomic E-state index is 11.9. The van der Waals surface area contributed by atoms with Gasteiger partial charge in [-0.3, -0.25) is 14.9 Å². The fourth-order valence-electron chi connectivity index (χ4n) is 1.73. The van der Waals surface area contributed by atoms with Gasteiger partial charge >= 0.3 is 0 Å². The number of amides is 1. The molecule has 1 aromatic carbocycles. The van der Waals surface area contributed by atoms with Gasteiger partial charge in [0.15, 0.2) is 0 Å². The van der Waals surface area contributed by atoms with Crippen LogP contribution in [0.3, 0.4) is 0 Å². The summed E-state index contributed by atoms with van der Waals surface area (Å²) in [7, 11) is 0. The molecule has 0 aromatic heterocycles. The Morgan fingerprint density at radius 2 is 2.25 bits per heavy atom. The molecule has 1 N–H and O–H groups in total. The van der Waals surface area contributed by atoms with Crippen molar-refractivity contribution >= 4 is 11.6 Å². The Hall–Kier alpha value is -2.60. The van der Waals surface area contributed by atoms with Crippen LogP contribution in [0.25, 0.3) is 10.4 Å². The first-order chi connectivity index (χ1) is 9.57. The quantitative estimate of drug-likeness (QED) is 0.206. The molecule has 0 atom stereocenters. The lowest BCUT2D eigenvalue weighted by Gasteiger charge is -2.06. The Kier molecular flexibility index (Phi) is 5.99. The Labute approximate surface area is 115 Å². The SMILES string of the molecule is Cc1cccc(C(=O)NCCCCN=[N+]=[N-])c1[N+](=O)[O-]. The summed E-state index contributed by atoms with van der Waals surface area (Å²) in [6.45, 7) is 2.34. The maximum absolute atomic E-state index is 11.9. The lowest BCUT2D eigenvalue weighted by Crippen LogP contribution is -2.25. The lowest BCUT2D eigenvalue weighted by molar-refractivity contribution is -0.385. The molecule has 0 aliphatic carbocycles. The molecule has 1 amide bonds. The third-order valence-corrected chi connectivity index (χ3v) is 2.70. The summed E-state index contributed by atoms with van der Waals surface area (Å²) in [6.07, 6.45) is 1.30. The summed E-state index contributed by atoms with van der Waals surface area (Å²) >= 11 is 0. The number of carbonyl (C=O) groups excluding carboxylic acids is 1. The number of para-hydroxylation sites is 1. The normalized spacial score (nSPS) is 9.65. The molecular formula is C12H15N5O3. The summed E-state index contributed by atoms with van der Waals surface area (Å²) < 4.78 is 0. The molecule has 0 spiro atoms. The van der Waals surface area contributed by atoms with Crippen LogP contribution >= 0.6 is 0 Å². The highest BCUT2D eigenvalue weighted by molar-refractivity contribution is 5.98. The van der Waals surface area contributed by atoms with E-state index in [1.54, 1.807) is 19.1 Å². The molecule has 1 rings (SSSR count). The fourth-order valence-corrected chi connectivity index (χ4v) is 1.73. The van der Waals surface area contributed by atoms with E-state index in [-0.39, 0.29) is 11.3 Å². The zero-order valence-electron chi connectivity index (χ0n) is 11.1. The average molecular weight is 277 g/mol. The van der Waals surface area contributed by atoms with Crippen LogP contribution in [0.2, 0.25) is 0 Å². The first-order valence-electron chi connectivity index (χ1n) is 6.11. The molecular weight excluding hydrogens is 262 g/mol. The predicted molar refractivity (Wildman–Crippen MR) is 73.4 cm³/mol. The molecule has 0 saturated heterocycles. The van der Waals surface area contributed by atoms with Crippen LogP contribution in [0, 0.1) is 17.0 Å². The van der Waals surface area contributed by atoms with Crippen molar-refractivity contribution in [1.82, 2.24) is 5.32 Å². The van der Waals surface area contributed by atoms with E-state index in [1.807, 2.05) is 0 Å². The molecule has 1 aromatic rings.